The van der Waals surface area contributed by atoms with Crippen molar-refractivity contribution in [3.63, 3.8) is 0 Å². The van der Waals surface area contributed by atoms with Crippen LogP contribution in [0.25, 0.3) is 0 Å². The number of piperidine rings is 2. The lowest BCUT2D eigenvalue weighted by Crippen LogP contribution is -2.54. The van der Waals surface area contributed by atoms with E-state index >= 15 is 0 Å². The van der Waals surface area contributed by atoms with Gasteiger partial charge in [0.2, 0.25) is 10.0 Å². The number of halogens is 2. The van der Waals surface area contributed by atoms with Crippen LogP contribution in [0.15, 0.2) is 18.2 Å². The molecule has 4 nitrogen and oxygen atoms in total. The van der Waals surface area contributed by atoms with Crippen molar-refractivity contribution in [1.82, 2.24) is 9.62 Å². The summed E-state index contributed by atoms with van der Waals surface area (Å²) in [6, 6.07) is 4.04. The number of hydrogen-bond donors (Lipinski definition) is 1. The monoisotopic (exact) mass is 356 g/mol. The van der Waals surface area contributed by atoms with Gasteiger partial charge in [0, 0.05) is 24.7 Å². The molecule has 1 aromatic rings. The average molecular weight is 356 g/mol. The van der Waals surface area contributed by atoms with Crippen molar-refractivity contribution in [2.24, 2.45) is 17.8 Å². The summed E-state index contributed by atoms with van der Waals surface area (Å²) in [6.45, 7) is 2.09. The van der Waals surface area contributed by atoms with Gasteiger partial charge in [0.05, 0.1) is 5.75 Å². The third-order valence-corrected chi connectivity index (χ3v) is 7.86. The zero-order chi connectivity index (χ0) is 16.9. The smallest absolute Gasteiger partial charge is 0.214 e. The molecule has 0 aromatic heterocycles. The third-order valence-electron chi connectivity index (χ3n) is 6.06. The Morgan fingerprint density at radius 3 is 2.46 bits per heavy atom. The van der Waals surface area contributed by atoms with Crippen LogP contribution >= 0.6 is 0 Å². The van der Waals surface area contributed by atoms with E-state index < -0.39 is 21.7 Å². The third kappa shape index (κ3) is 2.76. The molecule has 4 atom stereocenters. The average Bonchev–Trinajstić information content (AvgIpc) is 3.04. The van der Waals surface area contributed by atoms with E-state index in [9.17, 15) is 17.2 Å². The highest BCUT2D eigenvalue weighted by Gasteiger charge is 2.50. The van der Waals surface area contributed by atoms with E-state index in [1.54, 1.807) is 4.31 Å². The second kappa shape index (κ2) is 6.04. The van der Waals surface area contributed by atoms with Crippen molar-refractivity contribution in [2.75, 3.05) is 25.4 Å². The van der Waals surface area contributed by atoms with Crippen molar-refractivity contribution in [2.45, 2.75) is 25.3 Å². The van der Waals surface area contributed by atoms with Gasteiger partial charge in [0.15, 0.2) is 0 Å². The Labute approximate surface area is 141 Å². The van der Waals surface area contributed by atoms with Gasteiger partial charge in [-0.3, -0.25) is 0 Å². The van der Waals surface area contributed by atoms with E-state index in [0.29, 0.717) is 36.9 Å². The Hall–Kier alpha value is -1.05. The van der Waals surface area contributed by atoms with Crippen LogP contribution in [0.4, 0.5) is 8.78 Å². The number of hydrogen-bond acceptors (Lipinski definition) is 3. The van der Waals surface area contributed by atoms with E-state index in [1.165, 1.54) is 24.6 Å². The van der Waals surface area contributed by atoms with Crippen LogP contribution in [-0.4, -0.2) is 44.2 Å². The number of fused-ring (bicyclic) bond motifs is 2. The minimum atomic E-state index is -3.50. The van der Waals surface area contributed by atoms with Crippen molar-refractivity contribution < 1.29 is 17.2 Å². The summed E-state index contributed by atoms with van der Waals surface area (Å²) in [4.78, 5) is 0. The number of nitrogens with one attached hydrogen (secondary N) is 1. The maximum Gasteiger partial charge on any atom is 0.214 e. The number of nitrogens with zero attached hydrogens (tertiary/aromatic N) is 1. The molecule has 4 unspecified atom stereocenters. The van der Waals surface area contributed by atoms with Gasteiger partial charge >= 0.3 is 0 Å². The number of sulfonamides is 1. The summed E-state index contributed by atoms with van der Waals surface area (Å²) < 4.78 is 54.3. The van der Waals surface area contributed by atoms with Gasteiger partial charge in [0.1, 0.15) is 11.6 Å². The first-order chi connectivity index (χ1) is 11.5. The lowest BCUT2D eigenvalue weighted by atomic mass is 9.68. The van der Waals surface area contributed by atoms with E-state index in [2.05, 4.69) is 5.32 Å². The Bertz CT molecular complexity index is 692. The van der Waals surface area contributed by atoms with E-state index in [-0.39, 0.29) is 17.7 Å². The first-order valence-corrected chi connectivity index (χ1v) is 10.2. The second-order valence-corrected chi connectivity index (χ2v) is 9.35. The molecule has 24 heavy (non-hydrogen) atoms. The molecule has 1 N–H and O–H groups in total. The predicted octanol–water partition coefficient (Wildman–Crippen LogP) is 1.77. The first-order valence-electron chi connectivity index (χ1n) is 8.60. The van der Waals surface area contributed by atoms with E-state index in [1.807, 2.05) is 0 Å². The first kappa shape index (κ1) is 16.4. The summed E-state index contributed by atoms with van der Waals surface area (Å²) in [7, 11) is -3.50. The zero-order valence-electron chi connectivity index (χ0n) is 13.4. The Morgan fingerprint density at radius 1 is 1.12 bits per heavy atom. The van der Waals surface area contributed by atoms with Crippen LogP contribution in [0.1, 0.15) is 18.4 Å². The highest BCUT2D eigenvalue weighted by atomic mass is 32.2. The largest absolute Gasteiger partial charge is 0.313 e. The zero-order valence-corrected chi connectivity index (χ0v) is 14.2. The Morgan fingerprint density at radius 2 is 1.83 bits per heavy atom. The van der Waals surface area contributed by atoms with Crippen LogP contribution in [0.2, 0.25) is 0 Å². The Balaban J connectivity index is 1.46. The molecule has 0 radical (unpaired) electrons. The minimum absolute atomic E-state index is 0.127. The van der Waals surface area contributed by atoms with Crippen LogP contribution in [0.3, 0.4) is 0 Å². The maximum absolute atomic E-state index is 13.7. The Kier molecular flexibility index (Phi) is 4.13. The molecule has 132 valence electrons. The van der Waals surface area contributed by atoms with E-state index in [4.69, 9.17) is 0 Å². The molecule has 4 fully saturated rings. The van der Waals surface area contributed by atoms with Crippen molar-refractivity contribution in [1.29, 1.82) is 0 Å². The molecular weight excluding hydrogens is 334 g/mol. The van der Waals surface area contributed by atoms with Crippen molar-refractivity contribution in [3.05, 3.63) is 35.4 Å². The molecule has 5 rings (SSSR count). The van der Waals surface area contributed by atoms with Gasteiger partial charge < -0.3 is 5.32 Å². The molecule has 2 bridgehead atoms. The topological polar surface area (TPSA) is 49.4 Å². The van der Waals surface area contributed by atoms with Gasteiger partial charge in [0.25, 0.3) is 0 Å². The highest BCUT2D eigenvalue weighted by molar-refractivity contribution is 7.89. The summed E-state index contributed by atoms with van der Waals surface area (Å²) in [5.41, 5.74) is -0.139. The molecule has 3 saturated heterocycles. The lowest BCUT2D eigenvalue weighted by molar-refractivity contribution is 0.0927. The fraction of sp³-hybridized carbons (Fsp3) is 0.647. The SMILES string of the molecule is O=S(=O)(CCc1c(F)cccc1F)N1CC2C3CCC(NC3)C2C1. The van der Waals surface area contributed by atoms with Gasteiger partial charge in [-0.15, -0.1) is 0 Å². The predicted molar refractivity (Wildman–Crippen MR) is 86.9 cm³/mol. The summed E-state index contributed by atoms with van der Waals surface area (Å²) in [5, 5.41) is 3.51. The summed E-state index contributed by atoms with van der Waals surface area (Å²) in [6.07, 6.45) is 2.17. The van der Waals surface area contributed by atoms with Crippen LogP contribution in [0, 0.1) is 29.4 Å². The summed E-state index contributed by atoms with van der Waals surface area (Å²) >= 11 is 0. The normalized spacial score (nSPS) is 32.9. The molecule has 4 aliphatic rings. The maximum atomic E-state index is 13.7. The van der Waals surface area contributed by atoms with Crippen LogP contribution in [0.5, 0.6) is 0 Å². The molecule has 3 heterocycles. The molecular formula is C17H22F2N2O2S. The quantitative estimate of drug-likeness (QED) is 0.895. The van der Waals surface area contributed by atoms with E-state index in [0.717, 1.165) is 13.0 Å². The van der Waals surface area contributed by atoms with Gasteiger partial charge in [-0.1, -0.05) is 6.07 Å². The highest BCUT2D eigenvalue weighted by Crippen LogP contribution is 2.44. The molecule has 1 aromatic carbocycles. The number of benzene rings is 1. The molecule has 0 spiro atoms. The standard InChI is InChI=1S/C17H22F2N2O2S/c18-15-2-1-3-16(19)12(15)6-7-24(22,23)21-9-13-11-4-5-17(20-8-11)14(13)10-21/h1-3,11,13-14,17,20H,4-10H2. The van der Waals surface area contributed by atoms with Gasteiger partial charge in [-0.2, -0.15) is 0 Å². The fourth-order valence-corrected chi connectivity index (χ4v) is 6.25. The molecule has 1 aliphatic carbocycles. The van der Waals surface area contributed by atoms with Crippen molar-refractivity contribution in [3.8, 4) is 0 Å². The fourth-order valence-electron chi connectivity index (χ4n) is 4.73. The molecule has 1 saturated carbocycles. The van der Waals surface area contributed by atoms with Crippen molar-refractivity contribution >= 4 is 10.0 Å². The molecule has 7 heteroatoms. The number of rotatable bonds is 4. The van der Waals surface area contributed by atoms with Gasteiger partial charge in [-0.05, 0) is 55.7 Å². The second-order valence-electron chi connectivity index (χ2n) is 7.26. The van der Waals surface area contributed by atoms with Crippen LogP contribution < -0.4 is 5.32 Å². The lowest BCUT2D eigenvalue weighted by Gasteiger charge is -2.45. The van der Waals surface area contributed by atoms with Crippen LogP contribution in [-0.2, 0) is 16.4 Å². The summed E-state index contributed by atoms with van der Waals surface area (Å²) in [5.74, 6) is -0.218. The molecule has 3 aliphatic heterocycles. The minimum Gasteiger partial charge on any atom is -0.313 e. The molecule has 0 amide bonds. The van der Waals surface area contributed by atoms with Gasteiger partial charge in [-0.25, -0.2) is 21.5 Å².